The quantitative estimate of drug-likeness (QED) is 0.736. The Balaban J connectivity index is 2.25. The maximum atomic E-state index is 11.5. The van der Waals surface area contributed by atoms with Crippen molar-refractivity contribution in [3.8, 4) is 0 Å². The highest BCUT2D eigenvalue weighted by molar-refractivity contribution is 14.1. The number of aromatic nitrogens is 2. The number of H-pyrrole nitrogens is 1. The molecule has 1 saturated heterocycles. The van der Waals surface area contributed by atoms with Gasteiger partial charge in [0.2, 0.25) is 0 Å². The van der Waals surface area contributed by atoms with E-state index in [4.69, 9.17) is 5.73 Å². The molecule has 2 rings (SSSR count). The van der Waals surface area contributed by atoms with E-state index >= 15 is 0 Å². The molecule has 0 bridgehead atoms. The lowest BCUT2D eigenvalue weighted by molar-refractivity contribution is 0.381. The van der Waals surface area contributed by atoms with Gasteiger partial charge in [-0.1, -0.05) is 6.92 Å². The minimum Gasteiger partial charge on any atom is -0.355 e. The van der Waals surface area contributed by atoms with Crippen LogP contribution in [0.25, 0.3) is 0 Å². The summed E-state index contributed by atoms with van der Waals surface area (Å²) >= 11 is 2.04. The highest BCUT2D eigenvalue weighted by Gasteiger charge is 2.25. The molecule has 88 valence electrons. The summed E-state index contributed by atoms with van der Waals surface area (Å²) in [6.07, 6.45) is 2.41. The van der Waals surface area contributed by atoms with Crippen molar-refractivity contribution in [2.45, 2.75) is 19.4 Å². The molecule has 0 spiro atoms. The Bertz CT molecular complexity index is 433. The molecule has 0 aromatic carbocycles. The summed E-state index contributed by atoms with van der Waals surface area (Å²) < 4.78 is 0.655. The fraction of sp³-hybridized carbons (Fsp3) is 0.600. The molecule has 2 atom stereocenters. The lowest BCUT2D eigenvalue weighted by Gasteiger charge is -2.36. The summed E-state index contributed by atoms with van der Waals surface area (Å²) in [5, 5.41) is 0. The number of nitrogens with zero attached hydrogens (tertiary/aromatic N) is 2. The maximum absolute atomic E-state index is 11.5. The van der Waals surface area contributed by atoms with Crippen LogP contribution in [0.15, 0.2) is 11.1 Å². The number of nitrogens with one attached hydrogen (secondary N) is 1. The monoisotopic (exact) mass is 334 g/mol. The Morgan fingerprint density at radius 1 is 1.69 bits per heavy atom. The van der Waals surface area contributed by atoms with Gasteiger partial charge in [-0.15, -0.1) is 0 Å². The summed E-state index contributed by atoms with van der Waals surface area (Å²) in [5.74, 6) is 1.22. The molecule has 1 aliphatic heterocycles. The molecule has 0 aliphatic carbocycles. The normalized spacial score (nSPS) is 25.8. The molecule has 1 fully saturated rings. The molecule has 6 heteroatoms. The second-order valence-electron chi connectivity index (χ2n) is 4.25. The molecule has 1 aromatic heterocycles. The predicted octanol–water partition coefficient (Wildman–Crippen LogP) is 0.548. The van der Waals surface area contributed by atoms with Crippen LogP contribution in [-0.2, 0) is 0 Å². The third-order valence-electron chi connectivity index (χ3n) is 3.05. The van der Waals surface area contributed by atoms with Crippen LogP contribution in [0.2, 0.25) is 0 Å². The highest BCUT2D eigenvalue weighted by Crippen LogP contribution is 2.22. The Kier molecular flexibility index (Phi) is 3.48. The SMILES string of the molecule is CC1CN(c2nc[nH]c(=O)c2I)CCC1N. The van der Waals surface area contributed by atoms with Crippen molar-refractivity contribution < 1.29 is 0 Å². The average molecular weight is 334 g/mol. The van der Waals surface area contributed by atoms with Gasteiger partial charge in [0, 0.05) is 19.1 Å². The molecule has 2 unspecified atom stereocenters. The standard InChI is InChI=1S/C10H15IN4O/c1-6-4-15(3-2-7(6)12)9-8(11)10(16)14-5-13-9/h5-7H,2-4,12H2,1H3,(H,13,14,16). The van der Waals surface area contributed by atoms with Gasteiger partial charge in [0.25, 0.3) is 5.56 Å². The second-order valence-corrected chi connectivity index (χ2v) is 5.32. The summed E-state index contributed by atoms with van der Waals surface area (Å²) in [6, 6.07) is 0.260. The summed E-state index contributed by atoms with van der Waals surface area (Å²) in [4.78, 5) is 20.4. The first-order valence-corrected chi connectivity index (χ1v) is 6.41. The van der Waals surface area contributed by atoms with Crippen molar-refractivity contribution in [2.75, 3.05) is 18.0 Å². The van der Waals surface area contributed by atoms with E-state index in [1.807, 2.05) is 22.6 Å². The van der Waals surface area contributed by atoms with E-state index in [0.717, 1.165) is 25.3 Å². The minimum absolute atomic E-state index is 0.0758. The number of piperidine rings is 1. The number of hydrogen-bond donors (Lipinski definition) is 2. The maximum Gasteiger partial charge on any atom is 0.266 e. The fourth-order valence-electron chi connectivity index (χ4n) is 1.95. The average Bonchev–Trinajstić information content (AvgIpc) is 2.26. The van der Waals surface area contributed by atoms with E-state index in [1.54, 1.807) is 0 Å². The van der Waals surface area contributed by atoms with Gasteiger partial charge in [0.05, 0.1) is 6.33 Å². The predicted molar refractivity (Wildman–Crippen MR) is 71.5 cm³/mol. The van der Waals surface area contributed by atoms with Gasteiger partial charge in [-0.25, -0.2) is 4.98 Å². The van der Waals surface area contributed by atoms with Gasteiger partial charge in [0.15, 0.2) is 0 Å². The number of anilines is 1. The Morgan fingerprint density at radius 2 is 2.44 bits per heavy atom. The smallest absolute Gasteiger partial charge is 0.266 e. The van der Waals surface area contributed by atoms with Crippen LogP contribution in [0, 0.1) is 9.49 Å². The van der Waals surface area contributed by atoms with Crippen LogP contribution in [0.5, 0.6) is 0 Å². The lowest BCUT2D eigenvalue weighted by Crippen LogP contribution is -2.46. The van der Waals surface area contributed by atoms with Crippen LogP contribution >= 0.6 is 22.6 Å². The number of halogens is 1. The van der Waals surface area contributed by atoms with Gasteiger partial charge in [-0.3, -0.25) is 4.79 Å². The van der Waals surface area contributed by atoms with E-state index < -0.39 is 0 Å². The zero-order chi connectivity index (χ0) is 11.7. The number of rotatable bonds is 1. The van der Waals surface area contributed by atoms with Crippen LogP contribution in [0.1, 0.15) is 13.3 Å². The van der Waals surface area contributed by atoms with Gasteiger partial charge < -0.3 is 15.6 Å². The van der Waals surface area contributed by atoms with Crippen molar-refractivity contribution >= 4 is 28.4 Å². The van der Waals surface area contributed by atoms with Crippen molar-refractivity contribution in [2.24, 2.45) is 11.7 Å². The van der Waals surface area contributed by atoms with Crippen LogP contribution in [-0.4, -0.2) is 29.1 Å². The molecule has 3 N–H and O–H groups in total. The molecule has 5 nitrogen and oxygen atoms in total. The highest BCUT2D eigenvalue weighted by atomic mass is 127. The van der Waals surface area contributed by atoms with Crippen molar-refractivity contribution in [1.82, 2.24) is 9.97 Å². The first-order valence-electron chi connectivity index (χ1n) is 5.33. The summed E-state index contributed by atoms with van der Waals surface area (Å²) in [7, 11) is 0. The van der Waals surface area contributed by atoms with Crippen LogP contribution in [0.4, 0.5) is 5.82 Å². The third-order valence-corrected chi connectivity index (χ3v) is 4.02. The first kappa shape index (κ1) is 11.8. The van der Waals surface area contributed by atoms with Crippen molar-refractivity contribution in [3.63, 3.8) is 0 Å². The van der Waals surface area contributed by atoms with Crippen LogP contribution in [0.3, 0.4) is 0 Å². The van der Waals surface area contributed by atoms with Crippen molar-refractivity contribution in [3.05, 3.63) is 20.3 Å². The molecule has 16 heavy (non-hydrogen) atoms. The molecule has 0 amide bonds. The topological polar surface area (TPSA) is 75.0 Å². The second kappa shape index (κ2) is 4.70. The molecular formula is C10H15IN4O. The molecule has 2 heterocycles. The van der Waals surface area contributed by atoms with Gasteiger partial charge in [0.1, 0.15) is 9.39 Å². The van der Waals surface area contributed by atoms with Gasteiger partial charge in [-0.05, 0) is 34.9 Å². The largest absolute Gasteiger partial charge is 0.355 e. The summed E-state index contributed by atoms with van der Waals surface area (Å²) in [6.45, 7) is 3.88. The molecule has 1 aromatic rings. The fourth-order valence-corrected chi connectivity index (χ4v) is 2.59. The van der Waals surface area contributed by atoms with Gasteiger partial charge >= 0.3 is 0 Å². The first-order chi connectivity index (χ1) is 7.59. The number of aromatic amines is 1. The molecule has 0 radical (unpaired) electrons. The van der Waals surface area contributed by atoms with E-state index in [-0.39, 0.29) is 11.6 Å². The zero-order valence-electron chi connectivity index (χ0n) is 9.11. The Labute approximate surface area is 108 Å². The number of hydrogen-bond acceptors (Lipinski definition) is 4. The zero-order valence-corrected chi connectivity index (χ0v) is 11.3. The molecular weight excluding hydrogens is 319 g/mol. The number of nitrogens with two attached hydrogens (primary N) is 1. The summed E-state index contributed by atoms with van der Waals surface area (Å²) in [5.41, 5.74) is 5.89. The van der Waals surface area contributed by atoms with Gasteiger partial charge in [-0.2, -0.15) is 0 Å². The van der Waals surface area contributed by atoms with Crippen LogP contribution < -0.4 is 16.2 Å². The molecule has 0 saturated carbocycles. The minimum atomic E-state index is -0.0758. The molecule has 1 aliphatic rings. The van der Waals surface area contributed by atoms with E-state index in [9.17, 15) is 4.79 Å². The van der Waals surface area contributed by atoms with E-state index in [0.29, 0.717) is 9.49 Å². The Hall–Kier alpha value is -0.630. The lowest BCUT2D eigenvalue weighted by atomic mass is 9.95. The van der Waals surface area contributed by atoms with E-state index in [2.05, 4.69) is 21.8 Å². The van der Waals surface area contributed by atoms with Crippen molar-refractivity contribution in [1.29, 1.82) is 0 Å². The third kappa shape index (κ3) is 2.22. The Morgan fingerprint density at radius 3 is 3.12 bits per heavy atom. The van der Waals surface area contributed by atoms with E-state index in [1.165, 1.54) is 6.33 Å².